The molecule has 0 unspecified atom stereocenters. The molecule has 5 nitrogen and oxygen atoms in total. The van der Waals surface area contributed by atoms with Crippen LogP contribution in [0.5, 0.6) is 11.5 Å². The Bertz CT molecular complexity index is 381. The van der Waals surface area contributed by atoms with Gasteiger partial charge in [0.15, 0.2) is 0 Å². The molecule has 78 valence electrons. The minimum Gasteiger partial charge on any atom is -0.508 e. The highest BCUT2D eigenvalue weighted by atomic mass is 32.2. The maximum atomic E-state index is 10.3. The van der Waals surface area contributed by atoms with Gasteiger partial charge in [-0.2, -0.15) is 8.42 Å². The molecule has 14 heavy (non-hydrogen) atoms. The van der Waals surface area contributed by atoms with Gasteiger partial charge in [0.05, 0.1) is 0 Å². The molecular formula is C8H10O5S. The van der Waals surface area contributed by atoms with Crippen molar-refractivity contribution < 1.29 is 22.8 Å². The fourth-order valence-corrected chi connectivity index (χ4v) is 1.10. The lowest BCUT2D eigenvalue weighted by Crippen LogP contribution is -2.12. The van der Waals surface area contributed by atoms with Crippen molar-refractivity contribution in [3.63, 3.8) is 0 Å². The zero-order chi connectivity index (χ0) is 10.6. The molecule has 0 heterocycles. The Morgan fingerprint density at radius 1 is 1.21 bits per heavy atom. The van der Waals surface area contributed by atoms with Crippen molar-refractivity contribution in [2.24, 2.45) is 0 Å². The Kier molecular flexibility index (Phi) is 3.32. The van der Waals surface area contributed by atoms with Crippen LogP contribution in [0.25, 0.3) is 0 Å². The highest BCUT2D eigenvalue weighted by Gasteiger charge is 2.04. The number of rotatable bonds is 4. The predicted octanol–water partition coefficient (Wildman–Crippen LogP) is 0.659. The highest BCUT2D eigenvalue weighted by molar-refractivity contribution is 7.85. The van der Waals surface area contributed by atoms with Crippen LogP contribution >= 0.6 is 0 Å². The normalized spacial score (nSPS) is 11.2. The van der Waals surface area contributed by atoms with E-state index in [-0.39, 0.29) is 12.4 Å². The fraction of sp³-hybridized carbons (Fsp3) is 0.250. The van der Waals surface area contributed by atoms with Crippen LogP contribution in [0.15, 0.2) is 24.3 Å². The average molecular weight is 218 g/mol. The molecule has 0 spiro atoms. The molecule has 0 amide bonds. The lowest BCUT2D eigenvalue weighted by molar-refractivity contribution is 0.335. The van der Waals surface area contributed by atoms with E-state index in [9.17, 15) is 8.42 Å². The van der Waals surface area contributed by atoms with Crippen molar-refractivity contribution in [2.45, 2.75) is 0 Å². The SMILES string of the molecule is O=S(=O)(O)CCOc1ccc(O)cc1. The Labute approximate surface area is 81.7 Å². The number of phenolic OH excluding ortho intramolecular Hbond substituents is 1. The first-order chi connectivity index (χ1) is 6.47. The number of benzene rings is 1. The fourth-order valence-electron chi connectivity index (χ4n) is 0.807. The number of hydrogen-bond donors (Lipinski definition) is 2. The molecule has 0 atom stereocenters. The van der Waals surface area contributed by atoms with Gasteiger partial charge in [-0.25, -0.2) is 0 Å². The van der Waals surface area contributed by atoms with Gasteiger partial charge >= 0.3 is 0 Å². The summed E-state index contributed by atoms with van der Waals surface area (Å²) in [5.41, 5.74) is 0. The Hall–Kier alpha value is -1.27. The van der Waals surface area contributed by atoms with E-state index in [1.807, 2.05) is 0 Å². The minimum atomic E-state index is -3.98. The van der Waals surface area contributed by atoms with Gasteiger partial charge in [-0.15, -0.1) is 0 Å². The molecule has 0 aliphatic carbocycles. The highest BCUT2D eigenvalue weighted by Crippen LogP contribution is 2.15. The summed E-state index contributed by atoms with van der Waals surface area (Å²) in [4.78, 5) is 0. The van der Waals surface area contributed by atoms with Gasteiger partial charge in [0.2, 0.25) is 0 Å². The largest absolute Gasteiger partial charge is 0.508 e. The Morgan fingerprint density at radius 2 is 1.79 bits per heavy atom. The monoisotopic (exact) mass is 218 g/mol. The van der Waals surface area contributed by atoms with Crippen LogP contribution in [0.2, 0.25) is 0 Å². The second-order valence-corrected chi connectivity index (χ2v) is 4.20. The van der Waals surface area contributed by atoms with Crippen LogP contribution in [-0.2, 0) is 10.1 Å². The van der Waals surface area contributed by atoms with Crippen molar-refractivity contribution >= 4 is 10.1 Å². The maximum Gasteiger partial charge on any atom is 0.268 e. The van der Waals surface area contributed by atoms with E-state index in [4.69, 9.17) is 14.4 Å². The zero-order valence-corrected chi connectivity index (χ0v) is 8.07. The van der Waals surface area contributed by atoms with Gasteiger partial charge in [0, 0.05) is 0 Å². The quantitative estimate of drug-likeness (QED) is 0.725. The number of hydrogen-bond acceptors (Lipinski definition) is 4. The first-order valence-electron chi connectivity index (χ1n) is 3.84. The molecule has 0 radical (unpaired) electrons. The minimum absolute atomic E-state index is 0.104. The van der Waals surface area contributed by atoms with Crippen molar-refractivity contribution in [3.05, 3.63) is 24.3 Å². The second-order valence-electron chi connectivity index (χ2n) is 2.63. The summed E-state index contributed by atoms with van der Waals surface area (Å²) < 4.78 is 34.0. The topological polar surface area (TPSA) is 83.8 Å². The maximum absolute atomic E-state index is 10.3. The first kappa shape index (κ1) is 10.8. The van der Waals surface area contributed by atoms with Gasteiger partial charge in [-0.05, 0) is 24.3 Å². The van der Waals surface area contributed by atoms with E-state index < -0.39 is 15.9 Å². The first-order valence-corrected chi connectivity index (χ1v) is 5.45. The van der Waals surface area contributed by atoms with Gasteiger partial charge in [0.25, 0.3) is 10.1 Å². The number of ether oxygens (including phenoxy) is 1. The third-order valence-corrected chi connectivity index (χ3v) is 2.13. The second kappa shape index (κ2) is 4.30. The zero-order valence-electron chi connectivity index (χ0n) is 7.25. The molecule has 1 aromatic rings. The van der Waals surface area contributed by atoms with Crippen molar-refractivity contribution in [2.75, 3.05) is 12.4 Å². The smallest absolute Gasteiger partial charge is 0.268 e. The third-order valence-electron chi connectivity index (χ3n) is 1.45. The molecule has 0 bridgehead atoms. The number of aromatic hydroxyl groups is 1. The predicted molar refractivity (Wildman–Crippen MR) is 50.0 cm³/mol. The summed E-state index contributed by atoms with van der Waals surface area (Å²) in [5.74, 6) is 0.0898. The van der Waals surface area contributed by atoms with Gasteiger partial charge in [-0.3, -0.25) is 4.55 Å². The molecule has 0 aromatic heterocycles. The molecule has 2 N–H and O–H groups in total. The molecule has 0 saturated carbocycles. The van der Waals surface area contributed by atoms with Crippen LogP contribution in [-0.4, -0.2) is 30.4 Å². The van der Waals surface area contributed by atoms with E-state index in [1.165, 1.54) is 24.3 Å². The van der Waals surface area contributed by atoms with Crippen LogP contribution in [0, 0.1) is 0 Å². The van der Waals surface area contributed by atoms with Crippen LogP contribution in [0.3, 0.4) is 0 Å². The lowest BCUT2D eigenvalue weighted by atomic mass is 10.3. The summed E-state index contributed by atoms with van der Waals surface area (Å²) in [6.45, 7) is -0.121. The molecule has 0 aliphatic rings. The third kappa shape index (κ3) is 4.11. The molecular weight excluding hydrogens is 208 g/mol. The molecule has 0 fully saturated rings. The molecule has 6 heteroatoms. The molecule has 1 aromatic carbocycles. The molecule has 0 saturated heterocycles. The summed E-state index contributed by atoms with van der Waals surface area (Å²) in [6, 6.07) is 5.84. The summed E-state index contributed by atoms with van der Waals surface area (Å²) in [5, 5.41) is 8.92. The van der Waals surface area contributed by atoms with E-state index >= 15 is 0 Å². The standard InChI is InChI=1S/C8H10O5S/c9-7-1-3-8(4-2-7)13-5-6-14(10,11)12/h1-4,9H,5-6H2,(H,10,11,12). The van der Waals surface area contributed by atoms with Gasteiger partial charge in [0.1, 0.15) is 23.9 Å². The van der Waals surface area contributed by atoms with Gasteiger partial charge in [-0.1, -0.05) is 0 Å². The van der Waals surface area contributed by atoms with Crippen LogP contribution in [0.1, 0.15) is 0 Å². The van der Waals surface area contributed by atoms with E-state index in [0.29, 0.717) is 5.75 Å². The lowest BCUT2D eigenvalue weighted by Gasteiger charge is -2.04. The summed E-state index contributed by atoms with van der Waals surface area (Å²) in [7, 11) is -3.98. The molecule has 1 rings (SSSR count). The van der Waals surface area contributed by atoms with E-state index in [0.717, 1.165) is 0 Å². The van der Waals surface area contributed by atoms with Crippen LogP contribution < -0.4 is 4.74 Å². The Morgan fingerprint density at radius 3 is 2.29 bits per heavy atom. The van der Waals surface area contributed by atoms with E-state index in [1.54, 1.807) is 0 Å². The van der Waals surface area contributed by atoms with Crippen molar-refractivity contribution in [1.82, 2.24) is 0 Å². The summed E-state index contributed by atoms with van der Waals surface area (Å²) >= 11 is 0. The summed E-state index contributed by atoms with van der Waals surface area (Å²) in [6.07, 6.45) is 0. The van der Waals surface area contributed by atoms with Crippen molar-refractivity contribution in [1.29, 1.82) is 0 Å². The molecule has 0 aliphatic heterocycles. The van der Waals surface area contributed by atoms with Crippen molar-refractivity contribution in [3.8, 4) is 11.5 Å². The average Bonchev–Trinajstić information content (AvgIpc) is 2.06. The van der Waals surface area contributed by atoms with Gasteiger partial charge < -0.3 is 9.84 Å². The van der Waals surface area contributed by atoms with Crippen LogP contribution in [0.4, 0.5) is 0 Å². The van der Waals surface area contributed by atoms with E-state index in [2.05, 4.69) is 0 Å². The number of phenols is 1. The Balaban J connectivity index is 2.43.